The molecule has 1 heterocycles. The first kappa shape index (κ1) is 14.1. The van der Waals surface area contributed by atoms with Gasteiger partial charge in [-0.15, -0.1) is 0 Å². The molecule has 106 valence electrons. The summed E-state index contributed by atoms with van der Waals surface area (Å²) in [6, 6.07) is 14.7. The first-order chi connectivity index (χ1) is 10.1. The van der Waals surface area contributed by atoms with Crippen LogP contribution in [-0.2, 0) is 6.54 Å². The standard InChI is InChI=1S/C18H17BrN2/c1-12-8-9-15(13(2)10-12)18-20-16-6-4-5-7-17(16)21(18)11-14(3)19/h4-10H,3,11H2,1-2H3. The Bertz CT molecular complexity index is 830. The number of imidazole rings is 1. The van der Waals surface area contributed by atoms with Gasteiger partial charge in [-0.05, 0) is 31.5 Å². The van der Waals surface area contributed by atoms with E-state index in [-0.39, 0.29) is 0 Å². The number of benzene rings is 2. The van der Waals surface area contributed by atoms with E-state index in [1.54, 1.807) is 0 Å². The molecule has 0 bridgehead atoms. The van der Waals surface area contributed by atoms with Crippen molar-refractivity contribution in [2.45, 2.75) is 20.4 Å². The Balaban J connectivity index is 2.28. The molecule has 0 aliphatic heterocycles. The average molecular weight is 341 g/mol. The fourth-order valence-corrected chi connectivity index (χ4v) is 2.93. The fraction of sp³-hybridized carbons (Fsp3) is 0.167. The summed E-state index contributed by atoms with van der Waals surface area (Å²) in [6.07, 6.45) is 0. The lowest BCUT2D eigenvalue weighted by Crippen LogP contribution is -2.01. The Morgan fingerprint density at radius 1 is 1.19 bits per heavy atom. The molecule has 0 fully saturated rings. The molecule has 2 aromatic carbocycles. The molecule has 0 aliphatic carbocycles. The second-order valence-electron chi connectivity index (χ2n) is 5.35. The average Bonchev–Trinajstić information content (AvgIpc) is 2.77. The number of aromatic nitrogens is 2. The van der Waals surface area contributed by atoms with E-state index >= 15 is 0 Å². The van der Waals surface area contributed by atoms with Crippen LogP contribution in [0.15, 0.2) is 53.5 Å². The third-order valence-corrected chi connectivity index (χ3v) is 3.86. The number of nitrogens with zero attached hydrogens (tertiary/aromatic N) is 2. The Labute approximate surface area is 133 Å². The number of hydrogen-bond donors (Lipinski definition) is 0. The van der Waals surface area contributed by atoms with E-state index in [0.29, 0.717) is 6.54 Å². The lowest BCUT2D eigenvalue weighted by Gasteiger charge is -2.11. The molecule has 0 unspecified atom stereocenters. The van der Waals surface area contributed by atoms with Crippen LogP contribution in [0, 0.1) is 13.8 Å². The lowest BCUT2D eigenvalue weighted by molar-refractivity contribution is 0.854. The Morgan fingerprint density at radius 3 is 2.67 bits per heavy atom. The van der Waals surface area contributed by atoms with Crippen LogP contribution in [0.25, 0.3) is 22.4 Å². The quantitative estimate of drug-likeness (QED) is 0.638. The number of aryl methyl sites for hydroxylation is 2. The summed E-state index contributed by atoms with van der Waals surface area (Å²) in [6.45, 7) is 8.93. The monoisotopic (exact) mass is 340 g/mol. The van der Waals surface area contributed by atoms with E-state index in [1.807, 2.05) is 12.1 Å². The summed E-state index contributed by atoms with van der Waals surface area (Å²) >= 11 is 3.48. The van der Waals surface area contributed by atoms with Gasteiger partial charge in [0.05, 0.1) is 17.6 Å². The van der Waals surface area contributed by atoms with Crippen molar-refractivity contribution in [2.75, 3.05) is 0 Å². The molecule has 1 aromatic heterocycles. The third-order valence-electron chi connectivity index (χ3n) is 3.61. The summed E-state index contributed by atoms with van der Waals surface area (Å²) in [4.78, 5) is 4.83. The Kier molecular flexibility index (Phi) is 3.68. The number of fused-ring (bicyclic) bond motifs is 1. The van der Waals surface area contributed by atoms with Gasteiger partial charge in [0, 0.05) is 10.0 Å². The van der Waals surface area contributed by atoms with Crippen LogP contribution in [0.5, 0.6) is 0 Å². The van der Waals surface area contributed by atoms with Crippen molar-refractivity contribution in [1.29, 1.82) is 0 Å². The molecular formula is C18H17BrN2. The van der Waals surface area contributed by atoms with Gasteiger partial charge in [-0.1, -0.05) is 58.4 Å². The van der Waals surface area contributed by atoms with Crippen molar-refractivity contribution >= 4 is 27.0 Å². The molecule has 0 aliphatic rings. The molecule has 0 atom stereocenters. The molecule has 3 heteroatoms. The molecule has 3 aromatic rings. The van der Waals surface area contributed by atoms with E-state index in [0.717, 1.165) is 21.3 Å². The van der Waals surface area contributed by atoms with Crippen molar-refractivity contribution < 1.29 is 0 Å². The zero-order chi connectivity index (χ0) is 15.0. The highest BCUT2D eigenvalue weighted by atomic mass is 79.9. The van der Waals surface area contributed by atoms with Crippen LogP contribution in [-0.4, -0.2) is 9.55 Å². The van der Waals surface area contributed by atoms with Crippen LogP contribution in [0.2, 0.25) is 0 Å². The van der Waals surface area contributed by atoms with Crippen LogP contribution >= 0.6 is 15.9 Å². The summed E-state index contributed by atoms with van der Waals surface area (Å²) in [5.41, 5.74) is 5.83. The van der Waals surface area contributed by atoms with Crippen molar-refractivity contribution in [2.24, 2.45) is 0 Å². The minimum atomic E-state index is 0.711. The van der Waals surface area contributed by atoms with Crippen molar-refractivity contribution in [3.63, 3.8) is 0 Å². The van der Waals surface area contributed by atoms with Gasteiger partial charge < -0.3 is 4.57 Å². The number of rotatable bonds is 3. The summed E-state index contributed by atoms with van der Waals surface area (Å²) < 4.78 is 3.15. The normalized spacial score (nSPS) is 11.0. The van der Waals surface area contributed by atoms with E-state index in [2.05, 4.69) is 71.3 Å². The van der Waals surface area contributed by atoms with Crippen molar-refractivity contribution in [3.8, 4) is 11.4 Å². The van der Waals surface area contributed by atoms with Crippen molar-refractivity contribution in [1.82, 2.24) is 9.55 Å². The second-order valence-corrected chi connectivity index (χ2v) is 6.47. The first-order valence-corrected chi connectivity index (χ1v) is 7.72. The zero-order valence-corrected chi connectivity index (χ0v) is 13.8. The summed E-state index contributed by atoms with van der Waals surface area (Å²) in [7, 11) is 0. The molecule has 21 heavy (non-hydrogen) atoms. The van der Waals surface area contributed by atoms with Gasteiger partial charge in [0.15, 0.2) is 0 Å². The van der Waals surface area contributed by atoms with Crippen LogP contribution in [0.3, 0.4) is 0 Å². The molecule has 3 rings (SSSR count). The largest absolute Gasteiger partial charge is 0.319 e. The predicted molar refractivity (Wildman–Crippen MR) is 92.7 cm³/mol. The molecule has 0 N–H and O–H groups in total. The molecular weight excluding hydrogens is 324 g/mol. The van der Waals surface area contributed by atoms with Gasteiger partial charge in [-0.25, -0.2) is 4.98 Å². The minimum Gasteiger partial charge on any atom is -0.319 e. The highest BCUT2D eigenvalue weighted by Gasteiger charge is 2.14. The van der Waals surface area contributed by atoms with Gasteiger partial charge >= 0.3 is 0 Å². The predicted octanol–water partition coefficient (Wildman–Crippen LogP) is 5.23. The molecule has 2 nitrogen and oxygen atoms in total. The smallest absolute Gasteiger partial charge is 0.141 e. The Hall–Kier alpha value is -1.87. The summed E-state index contributed by atoms with van der Waals surface area (Å²) in [5, 5.41) is 0. The number of para-hydroxylation sites is 2. The maximum absolute atomic E-state index is 4.83. The number of hydrogen-bond acceptors (Lipinski definition) is 1. The summed E-state index contributed by atoms with van der Waals surface area (Å²) in [5.74, 6) is 0.995. The van der Waals surface area contributed by atoms with Crippen LogP contribution in [0.4, 0.5) is 0 Å². The maximum Gasteiger partial charge on any atom is 0.141 e. The second kappa shape index (κ2) is 5.49. The number of allylic oxidation sites excluding steroid dienone is 1. The van der Waals surface area contributed by atoms with Gasteiger partial charge in [-0.3, -0.25) is 0 Å². The first-order valence-electron chi connectivity index (χ1n) is 6.92. The molecule has 0 saturated carbocycles. The third kappa shape index (κ3) is 2.66. The fourth-order valence-electron chi connectivity index (χ4n) is 2.68. The SMILES string of the molecule is C=C(Br)Cn1c(-c2ccc(C)cc2C)nc2ccccc21. The molecule has 0 radical (unpaired) electrons. The Morgan fingerprint density at radius 2 is 1.95 bits per heavy atom. The molecule has 0 saturated heterocycles. The van der Waals surface area contributed by atoms with Gasteiger partial charge in [-0.2, -0.15) is 0 Å². The minimum absolute atomic E-state index is 0.711. The van der Waals surface area contributed by atoms with Crippen molar-refractivity contribution in [3.05, 3.63) is 64.7 Å². The van der Waals surface area contributed by atoms with Gasteiger partial charge in [0.1, 0.15) is 5.82 Å². The van der Waals surface area contributed by atoms with Crippen LogP contribution in [0.1, 0.15) is 11.1 Å². The maximum atomic E-state index is 4.83. The van der Waals surface area contributed by atoms with E-state index in [9.17, 15) is 0 Å². The highest BCUT2D eigenvalue weighted by molar-refractivity contribution is 9.11. The van der Waals surface area contributed by atoms with Gasteiger partial charge in [0.2, 0.25) is 0 Å². The molecule has 0 spiro atoms. The number of halogens is 1. The van der Waals surface area contributed by atoms with E-state index in [4.69, 9.17) is 4.98 Å². The highest BCUT2D eigenvalue weighted by Crippen LogP contribution is 2.29. The van der Waals surface area contributed by atoms with E-state index < -0.39 is 0 Å². The zero-order valence-electron chi connectivity index (χ0n) is 12.2. The van der Waals surface area contributed by atoms with E-state index in [1.165, 1.54) is 16.7 Å². The van der Waals surface area contributed by atoms with Gasteiger partial charge in [0.25, 0.3) is 0 Å². The molecule has 0 amide bonds. The van der Waals surface area contributed by atoms with Crippen LogP contribution < -0.4 is 0 Å². The topological polar surface area (TPSA) is 17.8 Å². The lowest BCUT2D eigenvalue weighted by atomic mass is 10.1.